The molecule has 2 heterocycles. The second kappa shape index (κ2) is 7.90. The summed E-state index contributed by atoms with van der Waals surface area (Å²) in [5.41, 5.74) is 1.45. The van der Waals surface area contributed by atoms with E-state index in [9.17, 15) is 9.18 Å². The van der Waals surface area contributed by atoms with Crippen molar-refractivity contribution in [1.29, 1.82) is 0 Å². The van der Waals surface area contributed by atoms with E-state index in [0.717, 1.165) is 11.3 Å². The van der Waals surface area contributed by atoms with Gasteiger partial charge in [-0.2, -0.15) is 4.98 Å². The molecule has 0 aliphatic carbocycles. The molecule has 1 unspecified atom stereocenters. The van der Waals surface area contributed by atoms with Gasteiger partial charge in [0.2, 0.25) is 17.6 Å². The Morgan fingerprint density at radius 1 is 1.17 bits per heavy atom. The van der Waals surface area contributed by atoms with Crippen molar-refractivity contribution in [2.45, 2.75) is 25.4 Å². The van der Waals surface area contributed by atoms with E-state index in [0.29, 0.717) is 30.8 Å². The number of aromatic nitrogens is 2. The van der Waals surface area contributed by atoms with Crippen molar-refractivity contribution in [2.75, 3.05) is 14.2 Å². The molecule has 150 valence electrons. The quantitative estimate of drug-likeness (QED) is 0.630. The van der Waals surface area contributed by atoms with Crippen molar-refractivity contribution < 1.29 is 23.2 Å². The first-order valence-electron chi connectivity index (χ1n) is 9.19. The zero-order chi connectivity index (χ0) is 20.4. The number of benzene rings is 2. The summed E-state index contributed by atoms with van der Waals surface area (Å²) < 4.78 is 29.5. The molecular weight excluding hydrogens is 377 g/mol. The van der Waals surface area contributed by atoms with Crippen LogP contribution in [0.2, 0.25) is 0 Å². The van der Waals surface area contributed by atoms with Gasteiger partial charge in [-0.05, 0) is 42.3 Å². The fourth-order valence-electron chi connectivity index (χ4n) is 3.41. The number of carbonyl (C=O) groups is 1. The summed E-state index contributed by atoms with van der Waals surface area (Å²) in [6.07, 6.45) is 1.00. The molecule has 7 nitrogen and oxygen atoms in total. The predicted octanol–water partition coefficient (Wildman–Crippen LogP) is 3.76. The normalized spacial score (nSPS) is 16.3. The van der Waals surface area contributed by atoms with Crippen LogP contribution < -0.4 is 9.47 Å². The van der Waals surface area contributed by atoms with Crippen LogP contribution in [0.1, 0.15) is 30.3 Å². The maximum absolute atomic E-state index is 14.0. The molecular formula is C21H20FN3O4. The Balaban J connectivity index is 1.55. The zero-order valence-corrected chi connectivity index (χ0v) is 16.1. The topological polar surface area (TPSA) is 77.7 Å². The molecule has 3 aromatic rings. The van der Waals surface area contributed by atoms with Crippen molar-refractivity contribution >= 4 is 5.91 Å². The molecule has 0 radical (unpaired) electrons. The maximum atomic E-state index is 14.0. The van der Waals surface area contributed by atoms with Crippen LogP contribution in [-0.2, 0) is 11.3 Å². The molecule has 1 aromatic heterocycles. The number of rotatable bonds is 6. The van der Waals surface area contributed by atoms with Crippen molar-refractivity contribution in [3.63, 3.8) is 0 Å². The second-order valence-corrected chi connectivity index (χ2v) is 6.73. The van der Waals surface area contributed by atoms with Crippen LogP contribution in [0.25, 0.3) is 11.4 Å². The lowest BCUT2D eigenvalue weighted by Gasteiger charge is -2.22. The highest BCUT2D eigenvalue weighted by Crippen LogP contribution is 2.34. The summed E-state index contributed by atoms with van der Waals surface area (Å²) in [5, 5.41) is 3.97. The number of nitrogens with zero attached hydrogens (tertiary/aromatic N) is 3. The minimum absolute atomic E-state index is 0.0288. The molecule has 29 heavy (non-hydrogen) atoms. The van der Waals surface area contributed by atoms with Gasteiger partial charge in [-0.25, -0.2) is 4.39 Å². The number of methoxy groups -OCH3 is 2. The van der Waals surface area contributed by atoms with Gasteiger partial charge < -0.3 is 18.9 Å². The highest BCUT2D eigenvalue weighted by molar-refractivity contribution is 5.78. The molecule has 0 bridgehead atoms. The zero-order valence-electron chi connectivity index (χ0n) is 16.1. The molecule has 0 N–H and O–H groups in total. The number of amides is 1. The summed E-state index contributed by atoms with van der Waals surface area (Å²) >= 11 is 0. The monoisotopic (exact) mass is 397 g/mol. The van der Waals surface area contributed by atoms with Gasteiger partial charge in [-0.1, -0.05) is 17.3 Å². The third kappa shape index (κ3) is 3.78. The van der Waals surface area contributed by atoms with E-state index in [1.54, 1.807) is 18.1 Å². The van der Waals surface area contributed by atoms with Gasteiger partial charge in [0, 0.05) is 18.5 Å². The van der Waals surface area contributed by atoms with Gasteiger partial charge in [0.25, 0.3) is 0 Å². The van der Waals surface area contributed by atoms with Crippen LogP contribution >= 0.6 is 0 Å². The largest absolute Gasteiger partial charge is 0.497 e. The van der Waals surface area contributed by atoms with E-state index in [1.807, 2.05) is 24.3 Å². The lowest BCUT2D eigenvalue weighted by Crippen LogP contribution is -2.27. The van der Waals surface area contributed by atoms with Gasteiger partial charge in [-0.3, -0.25) is 4.79 Å². The summed E-state index contributed by atoms with van der Waals surface area (Å²) in [5.74, 6) is 1.03. The van der Waals surface area contributed by atoms with Crippen molar-refractivity contribution in [1.82, 2.24) is 15.0 Å². The summed E-state index contributed by atoms with van der Waals surface area (Å²) in [7, 11) is 3.01. The van der Waals surface area contributed by atoms with Crippen LogP contribution in [0.15, 0.2) is 47.0 Å². The van der Waals surface area contributed by atoms with Gasteiger partial charge in [0.05, 0.1) is 14.2 Å². The predicted molar refractivity (Wildman–Crippen MR) is 102 cm³/mol. The number of ether oxygens (including phenoxy) is 2. The molecule has 1 saturated heterocycles. The molecule has 4 rings (SSSR count). The van der Waals surface area contributed by atoms with Gasteiger partial charge in [-0.15, -0.1) is 0 Å². The smallest absolute Gasteiger partial charge is 0.249 e. The third-order valence-corrected chi connectivity index (χ3v) is 4.98. The number of carbonyl (C=O) groups excluding carboxylic acids is 1. The van der Waals surface area contributed by atoms with E-state index in [1.165, 1.54) is 19.2 Å². The van der Waals surface area contributed by atoms with E-state index >= 15 is 0 Å². The van der Waals surface area contributed by atoms with Crippen LogP contribution in [0, 0.1) is 5.82 Å². The molecule has 0 spiro atoms. The Morgan fingerprint density at radius 3 is 2.66 bits per heavy atom. The fourth-order valence-corrected chi connectivity index (χ4v) is 3.41. The molecule has 8 heteroatoms. The molecule has 1 fully saturated rings. The fraction of sp³-hybridized carbons (Fsp3) is 0.286. The lowest BCUT2D eigenvalue weighted by atomic mass is 10.1. The summed E-state index contributed by atoms with van der Waals surface area (Å²) in [6.45, 7) is 0.433. The van der Waals surface area contributed by atoms with Crippen molar-refractivity contribution in [2.24, 2.45) is 0 Å². The standard InChI is InChI=1S/C21H20FN3O4/c1-27-15-6-3-13(4-7-15)12-25-17(8-10-19(25)26)21-23-20(24-29-21)14-5-9-18(28-2)16(22)11-14/h3-7,9,11,17H,8,10,12H2,1-2H3. The maximum Gasteiger partial charge on any atom is 0.249 e. The Morgan fingerprint density at radius 2 is 1.97 bits per heavy atom. The Hall–Kier alpha value is -3.42. The van der Waals surface area contributed by atoms with Gasteiger partial charge in [0.15, 0.2) is 11.6 Å². The van der Waals surface area contributed by atoms with Gasteiger partial charge in [0.1, 0.15) is 11.8 Å². The molecule has 1 aliphatic rings. The summed E-state index contributed by atoms with van der Waals surface area (Å²) in [6, 6.07) is 11.7. The highest BCUT2D eigenvalue weighted by atomic mass is 19.1. The van der Waals surface area contributed by atoms with Gasteiger partial charge >= 0.3 is 0 Å². The van der Waals surface area contributed by atoms with Crippen LogP contribution in [0.3, 0.4) is 0 Å². The Bertz CT molecular complexity index is 1020. The molecule has 2 aromatic carbocycles. The number of hydrogen-bond acceptors (Lipinski definition) is 6. The number of likely N-dealkylation sites (tertiary alicyclic amines) is 1. The van der Waals surface area contributed by atoms with Crippen LogP contribution in [0.5, 0.6) is 11.5 Å². The highest BCUT2D eigenvalue weighted by Gasteiger charge is 2.36. The average Bonchev–Trinajstić information content (AvgIpc) is 3.36. The number of hydrogen-bond donors (Lipinski definition) is 0. The first kappa shape index (κ1) is 18.9. The molecule has 1 amide bonds. The Kier molecular flexibility index (Phi) is 5.16. The molecule has 1 atom stereocenters. The van der Waals surface area contributed by atoms with Crippen molar-refractivity contribution in [3.8, 4) is 22.9 Å². The third-order valence-electron chi connectivity index (χ3n) is 4.98. The van der Waals surface area contributed by atoms with E-state index in [2.05, 4.69) is 10.1 Å². The minimum Gasteiger partial charge on any atom is -0.497 e. The lowest BCUT2D eigenvalue weighted by molar-refractivity contribution is -0.129. The van der Waals surface area contributed by atoms with E-state index < -0.39 is 5.82 Å². The molecule has 1 aliphatic heterocycles. The van der Waals surface area contributed by atoms with E-state index in [-0.39, 0.29) is 23.5 Å². The first-order valence-corrected chi connectivity index (χ1v) is 9.19. The average molecular weight is 397 g/mol. The molecule has 0 saturated carbocycles. The summed E-state index contributed by atoms with van der Waals surface area (Å²) in [4.78, 5) is 18.6. The SMILES string of the molecule is COc1ccc(CN2C(=O)CCC2c2nc(-c3ccc(OC)c(F)c3)no2)cc1. The first-order chi connectivity index (χ1) is 14.1. The van der Waals surface area contributed by atoms with Crippen LogP contribution in [-0.4, -0.2) is 35.2 Å². The van der Waals surface area contributed by atoms with Crippen molar-refractivity contribution in [3.05, 3.63) is 59.7 Å². The van der Waals surface area contributed by atoms with E-state index in [4.69, 9.17) is 14.0 Å². The minimum atomic E-state index is -0.506. The second-order valence-electron chi connectivity index (χ2n) is 6.73. The number of halogens is 1. The Labute approximate surface area is 167 Å². The van der Waals surface area contributed by atoms with Crippen LogP contribution in [0.4, 0.5) is 4.39 Å².